The Morgan fingerprint density at radius 3 is 2.66 bits per heavy atom. The van der Waals surface area contributed by atoms with E-state index in [0.717, 1.165) is 35.6 Å². The van der Waals surface area contributed by atoms with E-state index in [4.69, 9.17) is 0 Å². The van der Waals surface area contributed by atoms with Crippen molar-refractivity contribution in [2.24, 2.45) is 0 Å². The Hall–Kier alpha value is -3.52. The largest absolute Gasteiger partial charge is 0.370 e. The van der Waals surface area contributed by atoms with E-state index in [0.29, 0.717) is 18.4 Å². The molecule has 162 valence electrons. The third kappa shape index (κ3) is 3.10. The smallest absolute Gasteiger partial charge is 0.203 e. The second-order valence-electron chi connectivity index (χ2n) is 8.83. The number of nitrogens with zero attached hydrogens (tertiary/aromatic N) is 7. The molecule has 4 heterocycles. The molecule has 0 bridgehead atoms. The fraction of sp³-hybridized carbons (Fsp3) is 0.292. The van der Waals surface area contributed by atoms with Crippen molar-refractivity contribution >= 4 is 5.69 Å². The summed E-state index contributed by atoms with van der Waals surface area (Å²) in [5.41, 5.74) is 6.33. The van der Waals surface area contributed by atoms with Crippen molar-refractivity contribution in [3.05, 3.63) is 66.1 Å². The highest BCUT2D eigenvalue weighted by Gasteiger charge is 2.27. The fourth-order valence-corrected chi connectivity index (χ4v) is 4.82. The predicted octanol–water partition coefficient (Wildman–Crippen LogP) is 3.44. The van der Waals surface area contributed by atoms with Gasteiger partial charge in [-0.3, -0.25) is 0 Å². The minimum atomic E-state index is -0.238. The molecule has 1 atom stereocenters. The molecule has 0 aliphatic carbocycles. The van der Waals surface area contributed by atoms with Gasteiger partial charge in [-0.1, -0.05) is 12.1 Å². The van der Waals surface area contributed by atoms with Crippen LogP contribution in [0.1, 0.15) is 12.0 Å². The normalized spacial score (nSPS) is 17.2. The van der Waals surface area contributed by atoms with Gasteiger partial charge in [0.05, 0.1) is 11.4 Å². The number of hydrogen-bond donors (Lipinski definition) is 0. The van der Waals surface area contributed by atoms with Crippen LogP contribution >= 0.6 is 0 Å². The maximum Gasteiger partial charge on any atom is 0.203 e. The van der Waals surface area contributed by atoms with Crippen LogP contribution in [-0.2, 0) is 6.54 Å². The van der Waals surface area contributed by atoms with E-state index in [1.165, 1.54) is 29.8 Å². The van der Waals surface area contributed by atoms with Crippen LogP contribution < -0.4 is 4.90 Å². The number of fused-ring (bicyclic) bond motifs is 5. The standard InChI is InChI=1S/C24H24FN7/c1-29(2)21-9-10-30(15-21)20-7-8-22-18(11-20)14-31-13-17(16-3-5-19(25)6-4-16)12-23(31)24-26-27-28-32(22)24/h3-8,11-13,21H,9-10,14-15H2,1-2H3/t21-/m0/s1. The van der Waals surface area contributed by atoms with Crippen molar-refractivity contribution in [1.82, 2.24) is 29.7 Å². The van der Waals surface area contributed by atoms with Crippen LogP contribution in [0.25, 0.3) is 28.3 Å². The van der Waals surface area contributed by atoms with E-state index in [9.17, 15) is 4.39 Å². The minimum Gasteiger partial charge on any atom is -0.370 e. The molecule has 0 N–H and O–H groups in total. The Morgan fingerprint density at radius 1 is 1.03 bits per heavy atom. The molecule has 4 aromatic rings. The van der Waals surface area contributed by atoms with Gasteiger partial charge >= 0.3 is 0 Å². The molecule has 0 amide bonds. The third-order valence-corrected chi connectivity index (χ3v) is 6.66. The van der Waals surface area contributed by atoms with Gasteiger partial charge in [0.25, 0.3) is 0 Å². The Morgan fingerprint density at radius 2 is 1.88 bits per heavy atom. The van der Waals surface area contributed by atoms with Gasteiger partial charge in [0.1, 0.15) is 5.82 Å². The maximum atomic E-state index is 13.4. The second-order valence-corrected chi connectivity index (χ2v) is 8.83. The molecule has 6 rings (SSSR count). The van der Waals surface area contributed by atoms with Gasteiger partial charge in [-0.15, -0.1) is 5.10 Å². The summed E-state index contributed by atoms with van der Waals surface area (Å²) in [5, 5.41) is 12.5. The lowest BCUT2D eigenvalue weighted by Crippen LogP contribution is -2.31. The Kier molecular flexibility index (Phi) is 4.36. The summed E-state index contributed by atoms with van der Waals surface area (Å²) < 4.78 is 17.4. The van der Waals surface area contributed by atoms with Crippen LogP contribution in [0.2, 0.25) is 0 Å². The number of likely N-dealkylation sites (N-methyl/N-ethyl adjacent to an activating group) is 1. The molecule has 0 spiro atoms. The first kappa shape index (κ1) is 19.2. The monoisotopic (exact) mass is 429 g/mol. The average Bonchev–Trinajstić information content (AvgIpc) is 3.53. The molecule has 1 fully saturated rings. The lowest BCUT2D eigenvalue weighted by Gasteiger charge is -2.23. The first-order chi connectivity index (χ1) is 15.6. The Bertz CT molecular complexity index is 1290. The van der Waals surface area contributed by atoms with Gasteiger partial charge in [0.2, 0.25) is 5.82 Å². The highest BCUT2D eigenvalue weighted by atomic mass is 19.1. The van der Waals surface area contributed by atoms with Crippen LogP contribution in [0, 0.1) is 5.82 Å². The van der Waals surface area contributed by atoms with Gasteiger partial charge in [-0.05, 0) is 78.5 Å². The van der Waals surface area contributed by atoms with Crippen molar-refractivity contribution in [3.63, 3.8) is 0 Å². The van der Waals surface area contributed by atoms with E-state index < -0.39 is 0 Å². The van der Waals surface area contributed by atoms with Gasteiger partial charge < -0.3 is 14.4 Å². The lowest BCUT2D eigenvalue weighted by atomic mass is 10.1. The summed E-state index contributed by atoms with van der Waals surface area (Å²) in [6.45, 7) is 2.79. The van der Waals surface area contributed by atoms with Crippen LogP contribution in [0.3, 0.4) is 0 Å². The van der Waals surface area contributed by atoms with E-state index in [1.54, 1.807) is 12.1 Å². The van der Waals surface area contributed by atoms with Crippen LogP contribution in [0.5, 0.6) is 0 Å². The molecule has 8 heteroatoms. The van der Waals surface area contributed by atoms with Gasteiger partial charge in [-0.25, -0.2) is 4.39 Å². The third-order valence-electron chi connectivity index (χ3n) is 6.66. The topological polar surface area (TPSA) is 55.0 Å². The fourth-order valence-electron chi connectivity index (χ4n) is 4.82. The molecular weight excluding hydrogens is 405 g/mol. The first-order valence-corrected chi connectivity index (χ1v) is 10.9. The zero-order valence-electron chi connectivity index (χ0n) is 18.1. The summed E-state index contributed by atoms with van der Waals surface area (Å²) >= 11 is 0. The van der Waals surface area contributed by atoms with Gasteiger partial charge in [0, 0.05) is 43.1 Å². The van der Waals surface area contributed by atoms with Crippen LogP contribution in [-0.4, -0.2) is 62.9 Å². The number of tetrazole rings is 1. The highest BCUT2D eigenvalue weighted by molar-refractivity contribution is 5.71. The number of rotatable bonds is 3. The molecule has 32 heavy (non-hydrogen) atoms. The summed E-state index contributed by atoms with van der Waals surface area (Å²) in [5.74, 6) is 0.469. The molecule has 0 saturated carbocycles. The zero-order valence-corrected chi connectivity index (χ0v) is 18.1. The molecule has 0 unspecified atom stereocenters. The number of benzene rings is 2. The van der Waals surface area contributed by atoms with Crippen molar-refractivity contribution in [2.45, 2.75) is 19.0 Å². The molecule has 2 aromatic carbocycles. The first-order valence-electron chi connectivity index (χ1n) is 10.9. The van der Waals surface area contributed by atoms with Crippen molar-refractivity contribution in [2.75, 3.05) is 32.1 Å². The van der Waals surface area contributed by atoms with E-state index in [1.807, 2.05) is 4.68 Å². The molecule has 0 radical (unpaired) electrons. The van der Waals surface area contributed by atoms with Crippen LogP contribution in [0.4, 0.5) is 10.1 Å². The Balaban J connectivity index is 1.41. The van der Waals surface area contributed by atoms with Gasteiger partial charge in [0.15, 0.2) is 0 Å². The minimum absolute atomic E-state index is 0.238. The zero-order chi connectivity index (χ0) is 21.8. The van der Waals surface area contributed by atoms with Crippen molar-refractivity contribution in [3.8, 4) is 28.3 Å². The number of aromatic nitrogens is 5. The second kappa shape index (κ2) is 7.27. The maximum absolute atomic E-state index is 13.4. The Labute approximate surface area is 185 Å². The predicted molar refractivity (Wildman–Crippen MR) is 121 cm³/mol. The summed E-state index contributed by atoms with van der Waals surface area (Å²) in [7, 11) is 4.30. The van der Waals surface area contributed by atoms with E-state index >= 15 is 0 Å². The van der Waals surface area contributed by atoms with Crippen LogP contribution in [0.15, 0.2) is 54.7 Å². The molecule has 7 nitrogen and oxygen atoms in total. The number of hydrogen-bond acceptors (Lipinski definition) is 5. The highest BCUT2D eigenvalue weighted by Crippen LogP contribution is 2.35. The molecule has 2 aliphatic heterocycles. The average molecular weight is 430 g/mol. The molecule has 2 aromatic heterocycles. The van der Waals surface area contributed by atoms with Gasteiger partial charge in [-0.2, -0.15) is 4.68 Å². The number of halogens is 1. The summed E-state index contributed by atoms with van der Waals surface area (Å²) in [4.78, 5) is 4.76. The van der Waals surface area contributed by atoms with E-state index in [-0.39, 0.29) is 5.82 Å². The van der Waals surface area contributed by atoms with E-state index in [2.05, 4.69) is 74.5 Å². The lowest BCUT2D eigenvalue weighted by molar-refractivity contribution is 0.315. The SMILES string of the molecule is CN(C)[C@H]1CCN(c2ccc3c(c2)Cn2cc(-c4ccc(F)cc4)cc2-c2nnnn2-3)C1. The summed E-state index contributed by atoms with van der Waals surface area (Å²) in [6.07, 6.45) is 3.27. The van der Waals surface area contributed by atoms with Crippen molar-refractivity contribution in [1.29, 1.82) is 0 Å². The summed E-state index contributed by atoms with van der Waals surface area (Å²) in [6, 6.07) is 15.8. The molecular formula is C24H24FN7. The number of anilines is 1. The molecule has 1 saturated heterocycles. The van der Waals surface area contributed by atoms with Crippen molar-refractivity contribution < 1.29 is 4.39 Å². The molecule has 2 aliphatic rings. The quantitative estimate of drug-likeness (QED) is 0.440.